The lowest BCUT2D eigenvalue weighted by atomic mass is 10.0. The molecule has 76 valence electrons. The molecule has 1 aliphatic carbocycles. The molecule has 0 atom stereocenters. The smallest absolute Gasteiger partial charge is 0.0790 e. The van der Waals surface area contributed by atoms with Gasteiger partial charge in [-0.2, -0.15) is 0 Å². The molecule has 0 spiro atoms. The number of nitrogens with zero attached hydrogens (tertiary/aromatic N) is 4. The summed E-state index contributed by atoms with van der Waals surface area (Å²) < 4.78 is 1.99. The van der Waals surface area contributed by atoms with Crippen molar-refractivity contribution in [3.8, 4) is 0 Å². The van der Waals surface area contributed by atoms with Crippen LogP contribution in [0.4, 0.5) is 0 Å². The van der Waals surface area contributed by atoms with Crippen LogP contribution in [0.5, 0.6) is 0 Å². The van der Waals surface area contributed by atoms with Crippen molar-refractivity contribution in [2.24, 2.45) is 0 Å². The zero-order valence-electron chi connectivity index (χ0n) is 8.34. The van der Waals surface area contributed by atoms with Gasteiger partial charge in [0.1, 0.15) is 0 Å². The fourth-order valence-corrected chi connectivity index (χ4v) is 2.63. The molecule has 1 saturated carbocycles. The Morgan fingerprint density at radius 1 is 1.07 bits per heavy atom. The third-order valence-electron chi connectivity index (χ3n) is 3.55. The summed E-state index contributed by atoms with van der Waals surface area (Å²) in [4.78, 5) is 2.60. The van der Waals surface area contributed by atoms with Crippen molar-refractivity contribution >= 4 is 0 Å². The van der Waals surface area contributed by atoms with Gasteiger partial charge >= 0.3 is 0 Å². The largest absolute Gasteiger partial charge is 0.296 e. The lowest BCUT2D eigenvalue weighted by molar-refractivity contribution is 0.0543. The third kappa shape index (κ3) is 1.34. The van der Waals surface area contributed by atoms with Crippen LogP contribution in [0.25, 0.3) is 0 Å². The average Bonchev–Trinajstić information content (AvgIpc) is 2.71. The molecule has 4 nitrogen and oxygen atoms in total. The number of rotatable bonds is 2. The van der Waals surface area contributed by atoms with E-state index in [1.807, 2.05) is 10.9 Å². The van der Waals surface area contributed by atoms with Crippen LogP contribution in [-0.2, 0) is 0 Å². The van der Waals surface area contributed by atoms with E-state index in [1.165, 1.54) is 38.8 Å². The highest BCUT2D eigenvalue weighted by molar-refractivity contribution is 4.91. The van der Waals surface area contributed by atoms with Crippen LogP contribution in [0.3, 0.4) is 0 Å². The van der Waals surface area contributed by atoms with Gasteiger partial charge in [-0.15, -0.1) is 5.10 Å². The van der Waals surface area contributed by atoms with E-state index in [4.69, 9.17) is 0 Å². The number of hydrogen-bond donors (Lipinski definition) is 0. The highest BCUT2D eigenvalue weighted by atomic mass is 15.5. The predicted octanol–water partition coefficient (Wildman–Crippen LogP) is 1.08. The molecule has 0 bridgehead atoms. The second-order valence-corrected chi connectivity index (χ2v) is 4.43. The maximum absolute atomic E-state index is 4.04. The lowest BCUT2D eigenvalue weighted by Crippen LogP contribution is -2.52. The van der Waals surface area contributed by atoms with Gasteiger partial charge in [0.25, 0.3) is 0 Å². The van der Waals surface area contributed by atoms with E-state index in [-0.39, 0.29) is 0 Å². The molecule has 2 fully saturated rings. The molecule has 2 aliphatic rings. The summed E-state index contributed by atoms with van der Waals surface area (Å²) in [6, 6.07) is 1.45. The first-order valence-electron chi connectivity index (χ1n) is 5.53. The minimum Gasteiger partial charge on any atom is -0.296 e. The SMILES string of the molecule is c1cn(C2CN(C3CCCC3)C2)nn1. The Morgan fingerprint density at radius 3 is 2.50 bits per heavy atom. The van der Waals surface area contributed by atoms with Crippen LogP contribution in [0.15, 0.2) is 12.4 Å². The van der Waals surface area contributed by atoms with Crippen molar-refractivity contribution in [2.75, 3.05) is 13.1 Å². The van der Waals surface area contributed by atoms with Crippen molar-refractivity contribution < 1.29 is 0 Å². The zero-order chi connectivity index (χ0) is 9.38. The summed E-state index contributed by atoms with van der Waals surface area (Å²) in [7, 11) is 0. The standard InChI is InChI=1S/C10H16N4/c1-2-4-9(3-1)13-7-10(8-13)14-6-5-11-12-14/h5-6,9-10H,1-4,7-8H2. The first-order valence-corrected chi connectivity index (χ1v) is 5.53. The molecule has 3 rings (SSSR count). The molecule has 14 heavy (non-hydrogen) atoms. The van der Waals surface area contributed by atoms with E-state index in [0.29, 0.717) is 6.04 Å². The summed E-state index contributed by atoms with van der Waals surface area (Å²) in [6.07, 6.45) is 9.40. The Labute approximate surface area is 83.9 Å². The van der Waals surface area contributed by atoms with Crippen molar-refractivity contribution in [3.63, 3.8) is 0 Å². The highest BCUT2D eigenvalue weighted by Crippen LogP contribution is 2.30. The monoisotopic (exact) mass is 192 g/mol. The number of aromatic nitrogens is 3. The third-order valence-corrected chi connectivity index (χ3v) is 3.55. The quantitative estimate of drug-likeness (QED) is 0.703. The second-order valence-electron chi connectivity index (χ2n) is 4.43. The van der Waals surface area contributed by atoms with Crippen molar-refractivity contribution in [1.82, 2.24) is 19.9 Å². The Kier molecular flexibility index (Phi) is 2.01. The second kappa shape index (κ2) is 3.35. The van der Waals surface area contributed by atoms with Gasteiger partial charge in [-0.05, 0) is 12.8 Å². The molecule has 1 aliphatic heterocycles. The minimum atomic E-state index is 0.582. The van der Waals surface area contributed by atoms with Crippen molar-refractivity contribution in [2.45, 2.75) is 37.8 Å². The molecule has 0 unspecified atom stereocenters. The summed E-state index contributed by atoms with van der Waals surface area (Å²) in [5, 5.41) is 7.88. The maximum Gasteiger partial charge on any atom is 0.0790 e. The van der Waals surface area contributed by atoms with Gasteiger partial charge in [0.15, 0.2) is 0 Å². The van der Waals surface area contributed by atoms with Crippen LogP contribution in [-0.4, -0.2) is 39.0 Å². The summed E-state index contributed by atoms with van der Waals surface area (Å²) in [5.74, 6) is 0. The van der Waals surface area contributed by atoms with Gasteiger partial charge in [-0.3, -0.25) is 4.90 Å². The highest BCUT2D eigenvalue weighted by Gasteiger charge is 2.34. The van der Waals surface area contributed by atoms with Crippen LogP contribution in [0.2, 0.25) is 0 Å². The van der Waals surface area contributed by atoms with Crippen LogP contribution < -0.4 is 0 Å². The molecule has 0 N–H and O–H groups in total. The average molecular weight is 192 g/mol. The Balaban J connectivity index is 1.56. The number of hydrogen-bond acceptors (Lipinski definition) is 3. The van der Waals surface area contributed by atoms with Gasteiger partial charge in [0, 0.05) is 25.3 Å². The summed E-state index contributed by atoms with van der Waals surface area (Å²) in [5.41, 5.74) is 0. The molecule has 0 radical (unpaired) electrons. The van der Waals surface area contributed by atoms with Gasteiger partial charge in [0.05, 0.1) is 12.2 Å². The summed E-state index contributed by atoms with van der Waals surface area (Å²) >= 11 is 0. The molecule has 1 aromatic heterocycles. The van der Waals surface area contributed by atoms with Gasteiger partial charge in [-0.1, -0.05) is 18.1 Å². The topological polar surface area (TPSA) is 34.0 Å². The number of likely N-dealkylation sites (tertiary alicyclic amines) is 1. The fraction of sp³-hybridized carbons (Fsp3) is 0.800. The van der Waals surface area contributed by atoms with E-state index in [9.17, 15) is 0 Å². The van der Waals surface area contributed by atoms with Gasteiger partial charge < -0.3 is 0 Å². The van der Waals surface area contributed by atoms with E-state index >= 15 is 0 Å². The van der Waals surface area contributed by atoms with E-state index in [0.717, 1.165) is 6.04 Å². The normalized spacial score (nSPS) is 25.4. The lowest BCUT2D eigenvalue weighted by Gasteiger charge is -2.42. The van der Waals surface area contributed by atoms with Crippen molar-refractivity contribution in [1.29, 1.82) is 0 Å². The molecule has 2 heterocycles. The molecule has 1 saturated heterocycles. The Morgan fingerprint density at radius 2 is 1.86 bits per heavy atom. The first-order chi connectivity index (χ1) is 6.93. The molecule has 1 aromatic rings. The van der Waals surface area contributed by atoms with Gasteiger partial charge in [-0.25, -0.2) is 4.68 Å². The molecular formula is C10H16N4. The zero-order valence-corrected chi connectivity index (χ0v) is 8.34. The maximum atomic E-state index is 4.04. The Bertz CT molecular complexity index is 283. The Hall–Kier alpha value is -0.900. The molecule has 4 heteroatoms. The van der Waals surface area contributed by atoms with Crippen LogP contribution in [0.1, 0.15) is 31.7 Å². The predicted molar refractivity (Wildman–Crippen MR) is 52.9 cm³/mol. The van der Waals surface area contributed by atoms with Crippen molar-refractivity contribution in [3.05, 3.63) is 12.4 Å². The van der Waals surface area contributed by atoms with E-state index in [1.54, 1.807) is 6.20 Å². The van der Waals surface area contributed by atoms with Crippen LogP contribution >= 0.6 is 0 Å². The molecule has 0 amide bonds. The minimum absolute atomic E-state index is 0.582. The summed E-state index contributed by atoms with van der Waals surface area (Å²) in [6.45, 7) is 2.35. The van der Waals surface area contributed by atoms with Gasteiger partial charge in [0.2, 0.25) is 0 Å². The van der Waals surface area contributed by atoms with E-state index < -0.39 is 0 Å². The van der Waals surface area contributed by atoms with E-state index in [2.05, 4.69) is 15.2 Å². The first kappa shape index (κ1) is 8.41. The molecular weight excluding hydrogens is 176 g/mol. The molecule has 0 aromatic carbocycles. The van der Waals surface area contributed by atoms with Crippen LogP contribution in [0, 0.1) is 0 Å². The fourth-order valence-electron chi connectivity index (χ4n) is 2.63.